The van der Waals surface area contributed by atoms with E-state index in [-0.39, 0.29) is 6.10 Å². The molecular formula is C18H29NO3. The summed E-state index contributed by atoms with van der Waals surface area (Å²) in [5.74, 6) is 0.940. The maximum atomic E-state index is 11.7. The van der Waals surface area contributed by atoms with Crippen LogP contribution in [0.25, 0.3) is 0 Å². The average molecular weight is 307 g/mol. The quantitative estimate of drug-likeness (QED) is 0.871. The maximum Gasteiger partial charge on any atom is 0.407 e. The zero-order valence-electron chi connectivity index (χ0n) is 14.9. The maximum absolute atomic E-state index is 11.7. The summed E-state index contributed by atoms with van der Waals surface area (Å²) in [7, 11) is 0. The van der Waals surface area contributed by atoms with Crippen LogP contribution in [0, 0.1) is 13.8 Å². The second-order valence-electron chi connectivity index (χ2n) is 6.75. The van der Waals surface area contributed by atoms with Crippen molar-refractivity contribution in [3.8, 4) is 5.75 Å². The highest BCUT2D eigenvalue weighted by Gasteiger charge is 2.16. The molecule has 1 unspecified atom stereocenters. The first-order valence-corrected chi connectivity index (χ1v) is 7.86. The molecule has 0 aliphatic heterocycles. The molecule has 1 N–H and O–H groups in total. The Hall–Kier alpha value is -1.71. The SMILES string of the molecule is CCC(C)Oc1c(C)cc(CNC(=O)OC(C)(C)C)cc1C. The lowest BCUT2D eigenvalue weighted by Gasteiger charge is -2.20. The number of hydrogen-bond acceptors (Lipinski definition) is 3. The van der Waals surface area contributed by atoms with Crippen LogP contribution in [-0.2, 0) is 11.3 Å². The van der Waals surface area contributed by atoms with E-state index in [4.69, 9.17) is 9.47 Å². The van der Waals surface area contributed by atoms with Crippen molar-refractivity contribution in [3.05, 3.63) is 28.8 Å². The van der Waals surface area contributed by atoms with E-state index in [9.17, 15) is 4.79 Å². The second-order valence-corrected chi connectivity index (χ2v) is 6.75. The lowest BCUT2D eigenvalue weighted by atomic mass is 10.1. The van der Waals surface area contributed by atoms with Gasteiger partial charge in [0.1, 0.15) is 11.4 Å². The number of nitrogens with one attached hydrogen (secondary N) is 1. The lowest BCUT2D eigenvalue weighted by Crippen LogP contribution is -2.32. The third-order valence-electron chi connectivity index (χ3n) is 3.25. The van der Waals surface area contributed by atoms with Crippen molar-refractivity contribution < 1.29 is 14.3 Å². The molecule has 1 aromatic carbocycles. The fraction of sp³-hybridized carbons (Fsp3) is 0.611. The van der Waals surface area contributed by atoms with Gasteiger partial charge in [0.2, 0.25) is 0 Å². The van der Waals surface area contributed by atoms with Crippen molar-refractivity contribution in [2.75, 3.05) is 0 Å². The highest BCUT2D eigenvalue weighted by Crippen LogP contribution is 2.26. The highest BCUT2D eigenvalue weighted by atomic mass is 16.6. The zero-order chi connectivity index (χ0) is 16.9. The van der Waals surface area contributed by atoms with Gasteiger partial charge >= 0.3 is 6.09 Å². The van der Waals surface area contributed by atoms with Crippen LogP contribution in [0.3, 0.4) is 0 Å². The summed E-state index contributed by atoms with van der Waals surface area (Å²) < 4.78 is 11.2. The number of ether oxygens (including phenoxy) is 2. The first kappa shape index (κ1) is 18.3. The van der Waals surface area contributed by atoms with Gasteiger partial charge in [0.05, 0.1) is 6.10 Å². The first-order chi connectivity index (χ1) is 10.1. The Morgan fingerprint density at radius 3 is 2.23 bits per heavy atom. The van der Waals surface area contributed by atoms with Crippen LogP contribution in [0.1, 0.15) is 57.7 Å². The van der Waals surface area contributed by atoms with Gasteiger partial charge in [0.25, 0.3) is 0 Å². The molecule has 4 nitrogen and oxygen atoms in total. The number of hydrogen-bond donors (Lipinski definition) is 1. The minimum absolute atomic E-state index is 0.197. The van der Waals surface area contributed by atoms with Gasteiger partial charge in [-0.15, -0.1) is 0 Å². The smallest absolute Gasteiger partial charge is 0.407 e. The molecule has 0 spiro atoms. The number of carbonyl (C=O) groups excluding carboxylic acids is 1. The van der Waals surface area contributed by atoms with Crippen LogP contribution in [0.4, 0.5) is 4.79 Å². The van der Waals surface area contributed by atoms with E-state index in [0.29, 0.717) is 6.54 Å². The fourth-order valence-corrected chi connectivity index (χ4v) is 2.10. The molecule has 1 aromatic rings. The fourth-order valence-electron chi connectivity index (χ4n) is 2.10. The predicted octanol–water partition coefficient (Wildman–Crippen LogP) is 4.51. The lowest BCUT2D eigenvalue weighted by molar-refractivity contribution is 0.0523. The van der Waals surface area contributed by atoms with Gasteiger partial charge in [-0.3, -0.25) is 0 Å². The minimum Gasteiger partial charge on any atom is -0.490 e. The summed E-state index contributed by atoms with van der Waals surface area (Å²) in [6.07, 6.45) is 0.770. The van der Waals surface area contributed by atoms with Gasteiger partial charge in [-0.1, -0.05) is 19.1 Å². The number of benzene rings is 1. The summed E-state index contributed by atoms with van der Waals surface area (Å²) in [5.41, 5.74) is 2.73. The molecule has 0 saturated heterocycles. The van der Waals surface area contributed by atoms with E-state index < -0.39 is 11.7 Å². The summed E-state index contributed by atoms with van der Waals surface area (Å²) >= 11 is 0. The van der Waals surface area contributed by atoms with Gasteiger partial charge in [0.15, 0.2) is 0 Å². The molecule has 0 fully saturated rings. The van der Waals surface area contributed by atoms with Crippen LogP contribution in [0.2, 0.25) is 0 Å². The molecule has 0 heterocycles. The number of carbonyl (C=O) groups is 1. The van der Waals surface area contributed by atoms with Crippen molar-refractivity contribution >= 4 is 6.09 Å². The third kappa shape index (κ3) is 5.96. The summed E-state index contributed by atoms with van der Waals surface area (Å²) in [4.78, 5) is 11.7. The highest BCUT2D eigenvalue weighted by molar-refractivity contribution is 5.67. The summed E-state index contributed by atoms with van der Waals surface area (Å²) in [6.45, 7) is 14.2. The van der Waals surface area contributed by atoms with Gasteiger partial charge in [-0.05, 0) is 64.7 Å². The van der Waals surface area contributed by atoms with Crippen LogP contribution in [0.15, 0.2) is 12.1 Å². The van der Waals surface area contributed by atoms with Gasteiger partial charge in [-0.25, -0.2) is 4.79 Å². The number of aryl methyl sites for hydroxylation is 2. The molecule has 22 heavy (non-hydrogen) atoms. The zero-order valence-corrected chi connectivity index (χ0v) is 14.9. The van der Waals surface area contributed by atoms with Crippen LogP contribution < -0.4 is 10.1 Å². The molecule has 4 heteroatoms. The van der Waals surface area contributed by atoms with E-state index in [1.807, 2.05) is 46.8 Å². The molecule has 1 amide bonds. The van der Waals surface area contributed by atoms with E-state index >= 15 is 0 Å². The Bertz CT molecular complexity index is 495. The molecule has 1 rings (SSSR count). The van der Waals surface area contributed by atoms with Crippen LogP contribution >= 0.6 is 0 Å². The van der Waals surface area contributed by atoms with Gasteiger partial charge in [0, 0.05) is 6.54 Å². The monoisotopic (exact) mass is 307 g/mol. The Labute approximate surface area is 134 Å². The standard InChI is InChI=1S/C18H29NO3/c1-8-14(4)21-16-12(2)9-15(10-13(16)3)11-19-17(20)22-18(5,6)7/h9-10,14H,8,11H2,1-7H3,(H,19,20). The van der Waals surface area contributed by atoms with Crippen molar-refractivity contribution in [1.29, 1.82) is 0 Å². The molecule has 0 aliphatic rings. The Balaban J connectivity index is 2.72. The molecule has 0 bridgehead atoms. The summed E-state index contributed by atoms with van der Waals surface area (Å²) in [5, 5.41) is 2.78. The van der Waals surface area contributed by atoms with Crippen molar-refractivity contribution in [1.82, 2.24) is 5.32 Å². The molecule has 0 radical (unpaired) electrons. The van der Waals surface area contributed by atoms with Crippen molar-refractivity contribution in [2.24, 2.45) is 0 Å². The van der Waals surface area contributed by atoms with E-state index in [0.717, 1.165) is 28.9 Å². The topological polar surface area (TPSA) is 47.6 Å². The molecule has 1 atom stereocenters. The number of alkyl carbamates (subject to hydrolysis) is 1. The predicted molar refractivity (Wildman–Crippen MR) is 89.4 cm³/mol. The molecule has 0 saturated carbocycles. The van der Waals surface area contributed by atoms with E-state index in [1.54, 1.807) is 0 Å². The number of amides is 1. The minimum atomic E-state index is -0.482. The van der Waals surface area contributed by atoms with Gasteiger partial charge in [-0.2, -0.15) is 0 Å². The second kappa shape index (κ2) is 7.52. The number of rotatable bonds is 5. The van der Waals surface area contributed by atoms with Crippen LogP contribution in [-0.4, -0.2) is 17.8 Å². The molecule has 124 valence electrons. The first-order valence-electron chi connectivity index (χ1n) is 7.86. The molecule has 0 aromatic heterocycles. The average Bonchev–Trinajstić information content (AvgIpc) is 2.38. The van der Waals surface area contributed by atoms with Gasteiger partial charge < -0.3 is 14.8 Å². The summed E-state index contributed by atoms with van der Waals surface area (Å²) in [6, 6.07) is 4.09. The third-order valence-corrected chi connectivity index (χ3v) is 3.25. The Kier molecular flexibility index (Phi) is 6.27. The Morgan fingerprint density at radius 1 is 1.23 bits per heavy atom. The largest absolute Gasteiger partial charge is 0.490 e. The normalized spacial score (nSPS) is 12.7. The van der Waals surface area contributed by atoms with Crippen molar-refractivity contribution in [3.63, 3.8) is 0 Å². The van der Waals surface area contributed by atoms with E-state index in [1.165, 1.54) is 0 Å². The molecule has 0 aliphatic carbocycles. The van der Waals surface area contributed by atoms with E-state index in [2.05, 4.69) is 19.2 Å². The van der Waals surface area contributed by atoms with Crippen molar-refractivity contribution in [2.45, 2.75) is 73.1 Å². The molecular weight excluding hydrogens is 278 g/mol. The Morgan fingerprint density at radius 2 is 1.77 bits per heavy atom. The van der Waals surface area contributed by atoms with Crippen LogP contribution in [0.5, 0.6) is 5.75 Å².